The SMILES string of the molecule is Cc1c(C(=O)N2CCCC2c2nc3ccccc3[nH]2)oc2ccc(Br)cc12. The maximum Gasteiger partial charge on any atom is 0.290 e. The van der Waals surface area contributed by atoms with Crippen LogP contribution in [0.15, 0.2) is 51.4 Å². The Morgan fingerprint density at radius 1 is 1.30 bits per heavy atom. The van der Waals surface area contributed by atoms with Crippen LogP contribution in [-0.2, 0) is 0 Å². The van der Waals surface area contributed by atoms with Gasteiger partial charge in [0.1, 0.15) is 11.4 Å². The Morgan fingerprint density at radius 3 is 3.00 bits per heavy atom. The lowest BCUT2D eigenvalue weighted by atomic mass is 10.1. The van der Waals surface area contributed by atoms with Gasteiger partial charge in [0.25, 0.3) is 5.91 Å². The topological polar surface area (TPSA) is 62.1 Å². The summed E-state index contributed by atoms with van der Waals surface area (Å²) in [4.78, 5) is 23.3. The highest BCUT2D eigenvalue weighted by atomic mass is 79.9. The molecule has 136 valence electrons. The monoisotopic (exact) mass is 423 g/mol. The molecule has 1 saturated heterocycles. The predicted molar refractivity (Wildman–Crippen MR) is 108 cm³/mol. The number of aromatic nitrogens is 2. The quantitative estimate of drug-likeness (QED) is 0.472. The molecule has 27 heavy (non-hydrogen) atoms. The van der Waals surface area contributed by atoms with Gasteiger partial charge in [-0.3, -0.25) is 4.79 Å². The Hall–Kier alpha value is -2.60. The first kappa shape index (κ1) is 16.6. The van der Waals surface area contributed by atoms with E-state index in [0.29, 0.717) is 12.3 Å². The van der Waals surface area contributed by atoms with Crippen LogP contribution in [0.1, 0.15) is 40.8 Å². The van der Waals surface area contributed by atoms with Crippen molar-refractivity contribution < 1.29 is 9.21 Å². The zero-order chi connectivity index (χ0) is 18.5. The summed E-state index contributed by atoms with van der Waals surface area (Å²) in [5, 5.41) is 0.965. The summed E-state index contributed by atoms with van der Waals surface area (Å²) in [5.41, 5.74) is 3.54. The molecule has 1 N–H and O–H groups in total. The number of fused-ring (bicyclic) bond motifs is 2. The molecule has 0 bridgehead atoms. The van der Waals surface area contributed by atoms with E-state index in [-0.39, 0.29) is 11.9 Å². The molecule has 0 aliphatic carbocycles. The number of carbonyl (C=O) groups is 1. The zero-order valence-corrected chi connectivity index (χ0v) is 16.4. The maximum absolute atomic E-state index is 13.3. The number of H-pyrrole nitrogens is 1. The fourth-order valence-electron chi connectivity index (χ4n) is 3.95. The molecule has 0 spiro atoms. The second-order valence-corrected chi connectivity index (χ2v) is 7.91. The van der Waals surface area contributed by atoms with Crippen molar-refractivity contribution in [3.8, 4) is 0 Å². The van der Waals surface area contributed by atoms with Crippen LogP contribution in [0.3, 0.4) is 0 Å². The minimum Gasteiger partial charge on any atom is -0.451 e. The fourth-order valence-corrected chi connectivity index (χ4v) is 4.31. The zero-order valence-electron chi connectivity index (χ0n) is 14.8. The van der Waals surface area contributed by atoms with E-state index in [9.17, 15) is 4.79 Å². The van der Waals surface area contributed by atoms with Crippen molar-refractivity contribution in [3.63, 3.8) is 0 Å². The van der Waals surface area contributed by atoms with Crippen LogP contribution in [-0.4, -0.2) is 27.3 Å². The Morgan fingerprint density at radius 2 is 2.15 bits per heavy atom. The van der Waals surface area contributed by atoms with Gasteiger partial charge in [-0.05, 0) is 50.1 Å². The molecule has 1 atom stereocenters. The number of para-hydroxylation sites is 2. The van der Waals surface area contributed by atoms with Crippen molar-refractivity contribution >= 4 is 43.8 Å². The van der Waals surface area contributed by atoms with Crippen LogP contribution in [0.2, 0.25) is 0 Å². The van der Waals surface area contributed by atoms with E-state index in [1.165, 1.54) is 0 Å². The number of likely N-dealkylation sites (tertiary alicyclic amines) is 1. The average Bonchev–Trinajstić information content (AvgIpc) is 3.38. The number of benzene rings is 2. The smallest absolute Gasteiger partial charge is 0.290 e. The van der Waals surface area contributed by atoms with Gasteiger partial charge >= 0.3 is 0 Å². The fraction of sp³-hybridized carbons (Fsp3) is 0.238. The summed E-state index contributed by atoms with van der Waals surface area (Å²) >= 11 is 3.49. The molecular formula is C21H18BrN3O2. The van der Waals surface area contributed by atoms with E-state index in [2.05, 4.69) is 20.9 Å². The van der Waals surface area contributed by atoms with Crippen LogP contribution in [0.25, 0.3) is 22.0 Å². The van der Waals surface area contributed by atoms with Crippen molar-refractivity contribution in [3.05, 3.63) is 64.1 Å². The minimum atomic E-state index is -0.0669. The van der Waals surface area contributed by atoms with E-state index in [1.807, 2.05) is 54.3 Å². The molecule has 0 saturated carbocycles. The van der Waals surface area contributed by atoms with Crippen LogP contribution in [0, 0.1) is 6.92 Å². The minimum absolute atomic E-state index is 0.0516. The summed E-state index contributed by atoms with van der Waals surface area (Å²) in [6.45, 7) is 2.65. The standard InChI is InChI=1S/C21H18BrN3O2/c1-12-14-11-13(22)8-9-18(14)27-19(12)21(26)25-10-4-7-17(25)20-23-15-5-2-3-6-16(15)24-20/h2-3,5-6,8-9,11,17H,4,7,10H2,1H3,(H,23,24). The molecule has 0 radical (unpaired) electrons. The van der Waals surface area contributed by atoms with E-state index in [0.717, 1.165) is 50.7 Å². The van der Waals surface area contributed by atoms with Crippen LogP contribution in [0.5, 0.6) is 0 Å². The molecule has 5 rings (SSSR count). The molecular weight excluding hydrogens is 406 g/mol. The van der Waals surface area contributed by atoms with Crippen LogP contribution >= 0.6 is 15.9 Å². The third-order valence-electron chi connectivity index (χ3n) is 5.33. The number of rotatable bonds is 2. The first-order valence-electron chi connectivity index (χ1n) is 9.06. The number of hydrogen-bond donors (Lipinski definition) is 1. The average molecular weight is 424 g/mol. The Kier molecular flexibility index (Phi) is 3.82. The second-order valence-electron chi connectivity index (χ2n) is 6.99. The van der Waals surface area contributed by atoms with E-state index < -0.39 is 0 Å². The highest BCUT2D eigenvalue weighted by Gasteiger charge is 2.35. The summed E-state index contributed by atoms with van der Waals surface area (Å²) in [6.07, 6.45) is 1.86. The number of carbonyl (C=O) groups excluding carboxylic acids is 1. The molecule has 6 heteroatoms. The van der Waals surface area contributed by atoms with Crippen molar-refractivity contribution in [2.45, 2.75) is 25.8 Å². The Labute approximate surface area is 164 Å². The number of nitrogens with one attached hydrogen (secondary N) is 1. The number of nitrogens with zero attached hydrogens (tertiary/aromatic N) is 2. The largest absolute Gasteiger partial charge is 0.451 e. The number of imidazole rings is 1. The Bertz CT molecular complexity index is 1140. The number of amides is 1. The number of hydrogen-bond acceptors (Lipinski definition) is 3. The van der Waals surface area contributed by atoms with Gasteiger partial charge in [0.2, 0.25) is 0 Å². The summed E-state index contributed by atoms with van der Waals surface area (Å²) in [7, 11) is 0. The van der Waals surface area contributed by atoms with Crippen molar-refractivity contribution in [2.24, 2.45) is 0 Å². The van der Waals surface area contributed by atoms with Gasteiger partial charge in [0.05, 0.1) is 17.1 Å². The predicted octanol–water partition coefficient (Wildman–Crippen LogP) is 5.36. The lowest BCUT2D eigenvalue weighted by molar-refractivity contribution is 0.0699. The van der Waals surface area contributed by atoms with E-state index >= 15 is 0 Å². The lowest BCUT2D eigenvalue weighted by Gasteiger charge is -2.22. The third-order valence-corrected chi connectivity index (χ3v) is 5.82. The van der Waals surface area contributed by atoms with Gasteiger partial charge in [-0.1, -0.05) is 28.1 Å². The van der Waals surface area contributed by atoms with Crippen molar-refractivity contribution in [2.75, 3.05) is 6.54 Å². The van der Waals surface area contributed by atoms with E-state index in [4.69, 9.17) is 9.40 Å². The van der Waals surface area contributed by atoms with Crippen molar-refractivity contribution in [1.82, 2.24) is 14.9 Å². The normalized spacial score (nSPS) is 17.3. The molecule has 1 aliphatic rings. The maximum atomic E-state index is 13.3. The van der Waals surface area contributed by atoms with Crippen molar-refractivity contribution in [1.29, 1.82) is 0 Å². The molecule has 3 heterocycles. The van der Waals surface area contributed by atoms with Gasteiger partial charge in [-0.2, -0.15) is 0 Å². The number of aromatic amines is 1. The summed E-state index contributed by atoms with van der Waals surface area (Å²) < 4.78 is 6.90. The van der Waals surface area contributed by atoms with Gasteiger partial charge in [-0.25, -0.2) is 4.98 Å². The van der Waals surface area contributed by atoms with Gasteiger partial charge in [0, 0.05) is 22.0 Å². The lowest BCUT2D eigenvalue weighted by Crippen LogP contribution is -2.31. The number of halogens is 1. The molecule has 2 aromatic carbocycles. The molecule has 1 unspecified atom stereocenters. The van der Waals surface area contributed by atoms with E-state index in [1.54, 1.807) is 0 Å². The number of furan rings is 1. The molecule has 1 amide bonds. The highest BCUT2D eigenvalue weighted by Crippen LogP contribution is 2.35. The summed E-state index contributed by atoms with van der Waals surface area (Å²) in [6, 6.07) is 13.7. The summed E-state index contributed by atoms with van der Waals surface area (Å²) in [5.74, 6) is 1.20. The van der Waals surface area contributed by atoms with Crippen LogP contribution in [0.4, 0.5) is 0 Å². The second kappa shape index (κ2) is 6.23. The van der Waals surface area contributed by atoms with Crippen LogP contribution < -0.4 is 0 Å². The molecule has 2 aromatic heterocycles. The first-order valence-corrected chi connectivity index (χ1v) is 9.85. The third kappa shape index (κ3) is 2.67. The Balaban J connectivity index is 1.53. The first-order chi connectivity index (χ1) is 13.1. The van der Waals surface area contributed by atoms with Gasteiger partial charge in [0.15, 0.2) is 5.76 Å². The molecule has 1 aliphatic heterocycles. The highest BCUT2D eigenvalue weighted by molar-refractivity contribution is 9.10. The van der Waals surface area contributed by atoms with Gasteiger partial charge < -0.3 is 14.3 Å². The molecule has 1 fully saturated rings. The molecule has 4 aromatic rings. The molecule has 5 nitrogen and oxygen atoms in total. The number of aryl methyl sites for hydroxylation is 1. The van der Waals surface area contributed by atoms with Gasteiger partial charge in [-0.15, -0.1) is 0 Å².